The van der Waals surface area contributed by atoms with Crippen LogP contribution in [0.5, 0.6) is 5.75 Å². The summed E-state index contributed by atoms with van der Waals surface area (Å²) in [6, 6.07) is 14.1. The Labute approximate surface area is 173 Å². The van der Waals surface area contributed by atoms with Crippen LogP contribution >= 0.6 is 23.2 Å². The molecule has 0 heterocycles. The maximum Gasteiger partial charge on any atom is 0.258 e. The number of ether oxygens (including phenoxy) is 1. The molecule has 0 radical (unpaired) electrons. The maximum absolute atomic E-state index is 12.4. The fourth-order valence-corrected chi connectivity index (χ4v) is 4.48. The molecule has 2 aromatic carbocycles. The Morgan fingerprint density at radius 3 is 2.50 bits per heavy atom. The normalized spacial score (nSPS) is 24.9. The first-order chi connectivity index (χ1) is 13.4. The first-order valence-corrected chi connectivity index (χ1v) is 9.94. The second-order valence-corrected chi connectivity index (χ2v) is 8.33. The minimum Gasteiger partial charge on any atom is -0.484 e. The van der Waals surface area contributed by atoms with Crippen LogP contribution in [0.4, 0.5) is 0 Å². The topological polar surface area (TPSA) is 67.4 Å². The Kier molecular flexibility index (Phi) is 5.21. The molecule has 0 aliphatic heterocycles. The van der Waals surface area contributed by atoms with E-state index in [4.69, 9.17) is 27.9 Å². The molecule has 2 bridgehead atoms. The predicted molar refractivity (Wildman–Crippen MR) is 108 cm³/mol. The van der Waals surface area contributed by atoms with Gasteiger partial charge >= 0.3 is 0 Å². The third-order valence-electron chi connectivity index (χ3n) is 5.50. The lowest BCUT2D eigenvalue weighted by atomic mass is 9.76. The quantitative estimate of drug-likeness (QED) is 0.748. The van der Waals surface area contributed by atoms with Crippen LogP contribution in [0, 0.1) is 5.92 Å². The van der Waals surface area contributed by atoms with Gasteiger partial charge in [0.05, 0.1) is 10.0 Å². The van der Waals surface area contributed by atoms with E-state index < -0.39 is 0 Å². The molecule has 5 nitrogen and oxygen atoms in total. The van der Waals surface area contributed by atoms with Crippen LogP contribution in [0.1, 0.15) is 29.6 Å². The zero-order chi connectivity index (χ0) is 19.7. The smallest absolute Gasteiger partial charge is 0.258 e. The molecule has 2 aromatic rings. The van der Waals surface area contributed by atoms with Crippen molar-refractivity contribution >= 4 is 35.0 Å². The minimum absolute atomic E-state index is 0.0671. The van der Waals surface area contributed by atoms with Crippen molar-refractivity contribution in [2.75, 3.05) is 6.61 Å². The Bertz CT molecular complexity index is 898. The standard InChI is InChI=1S/C21H20Cl2N2O3/c22-16-7-6-15(8-17(16)23)28-12-19(26)25-21-9-14(10-21)18(11-21)24-20(27)13-4-2-1-3-5-13/h1-8,14,18H,9-12H2,(H,24,27)(H,25,26)/t14?,18-,21?/m0/s1. The first-order valence-electron chi connectivity index (χ1n) is 9.19. The largest absolute Gasteiger partial charge is 0.484 e. The third-order valence-corrected chi connectivity index (χ3v) is 6.24. The summed E-state index contributed by atoms with van der Waals surface area (Å²) in [4.78, 5) is 24.7. The summed E-state index contributed by atoms with van der Waals surface area (Å²) in [6.07, 6.45) is 2.51. The molecule has 2 N–H and O–H groups in total. The lowest BCUT2D eigenvalue weighted by molar-refractivity contribution is -0.125. The van der Waals surface area contributed by atoms with Crippen molar-refractivity contribution < 1.29 is 14.3 Å². The van der Waals surface area contributed by atoms with Crippen molar-refractivity contribution in [1.29, 1.82) is 0 Å². The monoisotopic (exact) mass is 418 g/mol. The number of hydrogen-bond acceptors (Lipinski definition) is 3. The van der Waals surface area contributed by atoms with Crippen LogP contribution < -0.4 is 15.4 Å². The molecule has 5 rings (SSSR count). The lowest BCUT2D eigenvalue weighted by Crippen LogP contribution is -2.53. The van der Waals surface area contributed by atoms with Crippen LogP contribution in [0.3, 0.4) is 0 Å². The summed E-state index contributed by atoms with van der Waals surface area (Å²) in [7, 11) is 0. The molecule has 3 saturated carbocycles. The predicted octanol–water partition coefficient (Wildman–Crippen LogP) is 3.84. The maximum atomic E-state index is 12.4. The molecule has 0 aromatic heterocycles. The molecule has 0 unspecified atom stereocenters. The van der Waals surface area contributed by atoms with Gasteiger partial charge in [0.25, 0.3) is 11.8 Å². The van der Waals surface area contributed by atoms with Gasteiger partial charge in [0.2, 0.25) is 0 Å². The fourth-order valence-electron chi connectivity index (χ4n) is 4.19. The van der Waals surface area contributed by atoms with Gasteiger partial charge in [-0.2, -0.15) is 0 Å². The molecule has 0 saturated heterocycles. The highest BCUT2D eigenvalue weighted by molar-refractivity contribution is 6.42. The van der Waals surface area contributed by atoms with Crippen molar-refractivity contribution in [2.24, 2.45) is 5.92 Å². The molecule has 2 amide bonds. The number of amides is 2. The molecular weight excluding hydrogens is 399 g/mol. The van der Waals surface area contributed by atoms with E-state index in [0.29, 0.717) is 27.3 Å². The molecule has 1 atom stereocenters. The Morgan fingerprint density at radius 1 is 1.04 bits per heavy atom. The van der Waals surface area contributed by atoms with E-state index in [1.54, 1.807) is 30.3 Å². The van der Waals surface area contributed by atoms with Gasteiger partial charge in [0.15, 0.2) is 6.61 Å². The van der Waals surface area contributed by atoms with Gasteiger partial charge < -0.3 is 15.4 Å². The number of hydrogen-bond donors (Lipinski definition) is 2. The van der Waals surface area contributed by atoms with E-state index in [9.17, 15) is 9.59 Å². The van der Waals surface area contributed by atoms with E-state index >= 15 is 0 Å². The number of carbonyl (C=O) groups excluding carboxylic acids is 2. The zero-order valence-corrected chi connectivity index (χ0v) is 16.6. The van der Waals surface area contributed by atoms with E-state index in [0.717, 1.165) is 19.3 Å². The Balaban J connectivity index is 1.27. The molecule has 7 heteroatoms. The Morgan fingerprint density at radius 2 is 1.79 bits per heavy atom. The van der Waals surface area contributed by atoms with E-state index in [2.05, 4.69) is 10.6 Å². The molecule has 3 aliphatic rings. The molecule has 3 aliphatic carbocycles. The average Bonchev–Trinajstić information content (AvgIpc) is 3.17. The van der Waals surface area contributed by atoms with Crippen molar-refractivity contribution in [3.8, 4) is 5.75 Å². The van der Waals surface area contributed by atoms with E-state index in [1.807, 2.05) is 18.2 Å². The van der Waals surface area contributed by atoms with Gasteiger partial charge in [-0.15, -0.1) is 0 Å². The number of fused-ring (bicyclic) bond motifs is 1. The second kappa shape index (κ2) is 7.64. The van der Waals surface area contributed by atoms with Crippen molar-refractivity contribution in [3.05, 3.63) is 64.1 Å². The van der Waals surface area contributed by atoms with E-state index in [1.165, 1.54) is 0 Å². The van der Waals surface area contributed by atoms with Gasteiger partial charge in [0, 0.05) is 23.2 Å². The molecule has 146 valence electrons. The SMILES string of the molecule is O=C(COc1ccc(Cl)c(Cl)c1)NC12CC(C1)[C@@H](NC(=O)c1ccccc1)C2. The van der Waals surface area contributed by atoms with Crippen molar-refractivity contribution in [1.82, 2.24) is 10.6 Å². The number of carbonyl (C=O) groups is 2. The highest BCUT2D eigenvalue weighted by Gasteiger charge is 2.57. The first kappa shape index (κ1) is 19.1. The summed E-state index contributed by atoms with van der Waals surface area (Å²) in [5.41, 5.74) is 0.414. The van der Waals surface area contributed by atoms with Gasteiger partial charge in [-0.1, -0.05) is 41.4 Å². The molecule has 0 spiro atoms. The van der Waals surface area contributed by atoms with Crippen LogP contribution in [-0.4, -0.2) is 30.0 Å². The van der Waals surface area contributed by atoms with Crippen LogP contribution in [0.15, 0.2) is 48.5 Å². The van der Waals surface area contributed by atoms with Gasteiger partial charge in [-0.05, 0) is 49.4 Å². The summed E-state index contributed by atoms with van der Waals surface area (Å²) in [5, 5.41) is 7.01. The summed E-state index contributed by atoms with van der Waals surface area (Å²) < 4.78 is 5.50. The number of halogens is 2. The number of nitrogens with one attached hydrogen (secondary N) is 2. The molecular formula is C21H20Cl2N2O3. The van der Waals surface area contributed by atoms with Crippen LogP contribution in [-0.2, 0) is 4.79 Å². The lowest BCUT2D eigenvalue weighted by Gasteiger charge is -2.39. The zero-order valence-electron chi connectivity index (χ0n) is 15.1. The van der Waals surface area contributed by atoms with Gasteiger partial charge in [-0.25, -0.2) is 0 Å². The molecule has 3 fully saturated rings. The summed E-state index contributed by atoms with van der Waals surface area (Å²) in [5.74, 6) is 0.652. The second-order valence-electron chi connectivity index (χ2n) is 7.51. The molecule has 28 heavy (non-hydrogen) atoms. The third kappa shape index (κ3) is 3.96. The van der Waals surface area contributed by atoms with E-state index in [-0.39, 0.29) is 30.0 Å². The summed E-state index contributed by atoms with van der Waals surface area (Å²) >= 11 is 11.8. The van der Waals surface area contributed by atoms with Crippen LogP contribution in [0.25, 0.3) is 0 Å². The summed E-state index contributed by atoms with van der Waals surface area (Å²) in [6.45, 7) is -0.0918. The fraction of sp³-hybridized carbons (Fsp3) is 0.333. The highest BCUT2D eigenvalue weighted by Crippen LogP contribution is 2.52. The minimum atomic E-state index is -0.239. The highest BCUT2D eigenvalue weighted by atomic mass is 35.5. The van der Waals surface area contributed by atoms with Crippen LogP contribution in [0.2, 0.25) is 10.0 Å². The van der Waals surface area contributed by atoms with Gasteiger partial charge in [0.1, 0.15) is 5.75 Å². The number of rotatable bonds is 6. The average molecular weight is 419 g/mol. The van der Waals surface area contributed by atoms with Gasteiger partial charge in [-0.3, -0.25) is 9.59 Å². The Hall–Kier alpha value is -2.24. The van der Waals surface area contributed by atoms with Crippen molar-refractivity contribution in [3.63, 3.8) is 0 Å². The number of benzene rings is 2. The van der Waals surface area contributed by atoms with Crippen molar-refractivity contribution in [2.45, 2.75) is 30.8 Å².